The number of ether oxygens (including phenoxy) is 3. The van der Waals surface area contributed by atoms with Gasteiger partial charge in [0.25, 0.3) is 7.52 Å². The number of carbonyl (C=O) groups is 2. The molecule has 208 valence electrons. The van der Waals surface area contributed by atoms with Crippen molar-refractivity contribution in [3.05, 3.63) is 12.7 Å². The van der Waals surface area contributed by atoms with Crippen LogP contribution in [0.1, 0.15) is 61.3 Å². The van der Waals surface area contributed by atoms with Crippen molar-refractivity contribution in [2.45, 2.75) is 91.7 Å². The van der Waals surface area contributed by atoms with Crippen LogP contribution >= 0.6 is 7.52 Å². The maximum Gasteiger partial charge on any atom is 0.335 e. The number of carbonyl (C=O) groups excluding carboxylic acids is 2. The van der Waals surface area contributed by atoms with Crippen LogP contribution in [0.15, 0.2) is 12.7 Å². The van der Waals surface area contributed by atoms with Gasteiger partial charge in [-0.05, 0) is 48.0 Å². The number of imidazole rings is 1. The lowest BCUT2D eigenvalue weighted by Gasteiger charge is -2.31. The van der Waals surface area contributed by atoms with Crippen LogP contribution in [-0.4, -0.2) is 68.3 Å². The van der Waals surface area contributed by atoms with Gasteiger partial charge in [0.15, 0.2) is 17.6 Å². The highest BCUT2D eigenvalue weighted by Crippen LogP contribution is 2.46. The minimum atomic E-state index is -3.93. The second-order valence-corrected chi connectivity index (χ2v) is 11.6. The summed E-state index contributed by atoms with van der Waals surface area (Å²) in [6.07, 6.45) is 1.99. The molecule has 13 nitrogen and oxygen atoms in total. The first-order valence-corrected chi connectivity index (χ1v) is 14.1. The van der Waals surface area contributed by atoms with Crippen molar-refractivity contribution in [2.75, 3.05) is 18.7 Å². The number of rotatable bonds is 15. The Labute approximate surface area is 217 Å². The van der Waals surface area contributed by atoms with Gasteiger partial charge in [-0.1, -0.05) is 13.3 Å². The Balaban J connectivity index is 2.16. The number of anilines is 1. The first-order valence-electron chi connectivity index (χ1n) is 12.3. The van der Waals surface area contributed by atoms with Crippen LogP contribution < -0.4 is 10.8 Å². The normalized spacial score (nSPS) is 15.4. The van der Waals surface area contributed by atoms with Crippen molar-refractivity contribution in [3.63, 3.8) is 0 Å². The summed E-state index contributed by atoms with van der Waals surface area (Å²) in [5.74, 6) is -1.03. The van der Waals surface area contributed by atoms with E-state index in [1.54, 1.807) is 31.7 Å². The molecule has 2 rings (SSSR count). The molecule has 0 radical (unpaired) electrons. The number of nitrogens with two attached hydrogens (primary N) is 1. The number of fused-ring (bicyclic) bond motifs is 1. The average Bonchev–Trinajstić information content (AvgIpc) is 3.21. The second kappa shape index (κ2) is 13.3. The van der Waals surface area contributed by atoms with Crippen molar-refractivity contribution >= 4 is 36.4 Å². The van der Waals surface area contributed by atoms with E-state index >= 15 is 0 Å². The number of nitrogens with one attached hydrogen (secondary N) is 1. The summed E-state index contributed by atoms with van der Waals surface area (Å²) >= 11 is 0. The van der Waals surface area contributed by atoms with E-state index in [2.05, 4.69) is 20.0 Å². The third-order valence-electron chi connectivity index (χ3n) is 5.12. The summed E-state index contributed by atoms with van der Waals surface area (Å²) in [5, 5.41) is 2.76. The monoisotopic (exact) mass is 542 g/mol. The van der Waals surface area contributed by atoms with Gasteiger partial charge in [0.1, 0.15) is 23.7 Å². The SMILES string of the molecule is CCCCOC(=O)C(C)(C)N[P@](=O)(CO[C@H](C)Cn1cnc2c(N)ncnc21)O[C@H](C)C(=O)OC(C)C. The summed E-state index contributed by atoms with van der Waals surface area (Å²) in [7, 11) is -3.93. The molecule has 0 spiro atoms. The summed E-state index contributed by atoms with van der Waals surface area (Å²) in [6.45, 7) is 12.2. The predicted molar refractivity (Wildman–Crippen MR) is 138 cm³/mol. The fourth-order valence-corrected chi connectivity index (χ4v) is 5.43. The number of nitrogens with zero attached hydrogens (tertiary/aromatic N) is 4. The molecule has 0 saturated heterocycles. The lowest BCUT2D eigenvalue weighted by atomic mass is 10.1. The van der Waals surface area contributed by atoms with E-state index in [1.165, 1.54) is 27.1 Å². The highest BCUT2D eigenvalue weighted by Gasteiger charge is 2.40. The van der Waals surface area contributed by atoms with Gasteiger partial charge in [-0.2, -0.15) is 0 Å². The Morgan fingerprint density at radius 1 is 1.19 bits per heavy atom. The van der Waals surface area contributed by atoms with E-state index < -0.39 is 43.6 Å². The van der Waals surface area contributed by atoms with Gasteiger partial charge in [0.05, 0.1) is 31.7 Å². The Bertz CT molecular complexity index is 1110. The van der Waals surface area contributed by atoms with Gasteiger partial charge in [-0.25, -0.2) is 24.8 Å². The van der Waals surface area contributed by atoms with Crippen LogP contribution in [0.2, 0.25) is 0 Å². The van der Waals surface area contributed by atoms with Crippen LogP contribution in [0, 0.1) is 0 Å². The molecule has 37 heavy (non-hydrogen) atoms. The number of unbranched alkanes of at least 4 members (excludes halogenated alkanes) is 1. The predicted octanol–water partition coefficient (Wildman–Crippen LogP) is 3.03. The fourth-order valence-electron chi connectivity index (χ4n) is 3.26. The Hall–Kier alpha value is -2.60. The van der Waals surface area contributed by atoms with Gasteiger partial charge in [-0.15, -0.1) is 0 Å². The lowest BCUT2D eigenvalue weighted by molar-refractivity contribution is -0.155. The van der Waals surface area contributed by atoms with Crippen molar-refractivity contribution in [1.29, 1.82) is 0 Å². The molecule has 2 aromatic rings. The Kier molecular flexibility index (Phi) is 11.0. The third kappa shape index (κ3) is 9.03. The van der Waals surface area contributed by atoms with Gasteiger partial charge in [0.2, 0.25) is 0 Å². The third-order valence-corrected chi connectivity index (χ3v) is 7.16. The first kappa shape index (κ1) is 30.6. The van der Waals surface area contributed by atoms with Crippen LogP contribution in [0.25, 0.3) is 11.2 Å². The zero-order valence-electron chi connectivity index (χ0n) is 22.6. The molecule has 0 aliphatic rings. The quantitative estimate of drug-likeness (QED) is 0.192. The average molecular weight is 543 g/mol. The maximum absolute atomic E-state index is 13.9. The molecule has 3 atom stereocenters. The second-order valence-electron chi connectivity index (χ2n) is 9.57. The van der Waals surface area contributed by atoms with Crippen molar-refractivity contribution in [1.82, 2.24) is 24.6 Å². The van der Waals surface area contributed by atoms with E-state index in [0.717, 1.165) is 6.42 Å². The first-order chi connectivity index (χ1) is 17.3. The largest absolute Gasteiger partial charge is 0.464 e. The maximum atomic E-state index is 13.9. The molecule has 0 unspecified atom stereocenters. The minimum Gasteiger partial charge on any atom is -0.464 e. The topological polar surface area (TPSA) is 170 Å². The molecule has 0 fully saturated rings. The molecule has 0 aromatic carbocycles. The molecule has 0 aliphatic carbocycles. The van der Waals surface area contributed by atoms with Crippen LogP contribution in [-0.2, 0) is 39.4 Å². The smallest absolute Gasteiger partial charge is 0.335 e. The van der Waals surface area contributed by atoms with Gasteiger partial charge < -0.3 is 29.0 Å². The summed E-state index contributed by atoms with van der Waals surface area (Å²) in [6, 6.07) is 0. The highest BCUT2D eigenvalue weighted by atomic mass is 31.2. The number of hydrogen-bond donors (Lipinski definition) is 2. The molecular formula is C23H39N6O7P. The summed E-state index contributed by atoms with van der Waals surface area (Å²) in [4.78, 5) is 37.4. The van der Waals surface area contributed by atoms with Crippen LogP contribution in [0.5, 0.6) is 0 Å². The standard InChI is InChI=1S/C23H39N6O7P/c1-8-9-10-33-22(31)23(6,7)28-37(32,36-17(5)21(30)35-15(2)3)14-34-16(4)11-29-13-27-18-19(24)25-12-26-20(18)29/h12-13,15-17H,8-11,14H2,1-7H3,(H,28,32)(H2,24,25,26)/t16-,17-,37+/m1/s1. The summed E-state index contributed by atoms with van der Waals surface area (Å²) < 4.78 is 37.6. The highest BCUT2D eigenvalue weighted by molar-refractivity contribution is 7.56. The Morgan fingerprint density at radius 2 is 1.89 bits per heavy atom. The zero-order valence-corrected chi connectivity index (χ0v) is 23.5. The van der Waals surface area contributed by atoms with Crippen LogP contribution in [0.4, 0.5) is 5.82 Å². The number of aromatic nitrogens is 4. The van der Waals surface area contributed by atoms with Crippen LogP contribution in [0.3, 0.4) is 0 Å². The molecule has 0 saturated carbocycles. The van der Waals surface area contributed by atoms with E-state index in [0.29, 0.717) is 24.1 Å². The Morgan fingerprint density at radius 3 is 2.54 bits per heavy atom. The zero-order chi connectivity index (χ0) is 27.8. The molecule has 0 bridgehead atoms. The lowest BCUT2D eigenvalue weighted by Crippen LogP contribution is -2.47. The molecule has 0 aliphatic heterocycles. The number of nitrogen functional groups attached to an aromatic ring is 1. The van der Waals surface area contributed by atoms with Gasteiger partial charge in [0, 0.05) is 0 Å². The molecular weight excluding hydrogens is 503 g/mol. The fraction of sp³-hybridized carbons (Fsp3) is 0.696. The molecule has 2 heterocycles. The van der Waals surface area contributed by atoms with Crippen molar-refractivity contribution in [3.8, 4) is 0 Å². The van der Waals surface area contributed by atoms with Gasteiger partial charge >= 0.3 is 11.9 Å². The molecule has 3 N–H and O–H groups in total. The molecule has 2 aromatic heterocycles. The van der Waals surface area contributed by atoms with E-state index in [9.17, 15) is 14.2 Å². The van der Waals surface area contributed by atoms with Crippen molar-refractivity contribution in [2.24, 2.45) is 0 Å². The summed E-state index contributed by atoms with van der Waals surface area (Å²) in [5.41, 5.74) is 5.45. The molecule has 0 amide bonds. The van der Waals surface area contributed by atoms with E-state index in [-0.39, 0.29) is 18.5 Å². The number of hydrogen-bond acceptors (Lipinski definition) is 11. The van der Waals surface area contributed by atoms with E-state index in [1.807, 2.05) is 6.92 Å². The number of esters is 2. The van der Waals surface area contributed by atoms with E-state index in [4.69, 9.17) is 24.5 Å². The minimum absolute atomic E-state index is 0.239. The van der Waals surface area contributed by atoms with Crippen molar-refractivity contribution < 1.29 is 32.9 Å². The molecule has 14 heteroatoms. The van der Waals surface area contributed by atoms with Gasteiger partial charge in [-0.3, -0.25) is 9.36 Å².